The molecule has 0 radical (unpaired) electrons. The van der Waals surface area contributed by atoms with Crippen molar-refractivity contribution < 1.29 is 28.5 Å². The zero-order chi connectivity index (χ0) is 23.7. The van der Waals surface area contributed by atoms with Crippen LogP contribution in [0.4, 0.5) is 5.82 Å². The summed E-state index contributed by atoms with van der Waals surface area (Å²) in [6, 6.07) is 5.14. The third-order valence-corrected chi connectivity index (χ3v) is 6.16. The van der Waals surface area contributed by atoms with E-state index in [4.69, 9.17) is 24.7 Å². The predicted octanol–water partition coefficient (Wildman–Crippen LogP) is 3.61. The van der Waals surface area contributed by atoms with Crippen molar-refractivity contribution in [3.05, 3.63) is 40.2 Å². The quantitative estimate of drug-likeness (QED) is 0.388. The third kappa shape index (κ3) is 4.14. The van der Waals surface area contributed by atoms with Crippen molar-refractivity contribution in [3.8, 4) is 11.5 Å². The van der Waals surface area contributed by atoms with Crippen molar-refractivity contribution in [2.45, 2.75) is 20.5 Å². The SMILES string of the molecule is CCOC(=O)c1sc2nc(COC(=O)c3cc4cc(OC)cc(OC)c4[nH]3)nc(N)c2c1C. The highest BCUT2D eigenvalue weighted by molar-refractivity contribution is 7.20. The fraction of sp³-hybridized carbons (Fsp3) is 0.273. The topological polar surface area (TPSA) is 139 Å². The highest BCUT2D eigenvalue weighted by Crippen LogP contribution is 2.34. The van der Waals surface area contributed by atoms with Crippen molar-refractivity contribution in [3.63, 3.8) is 0 Å². The lowest BCUT2D eigenvalue weighted by molar-refractivity contribution is 0.0456. The predicted molar refractivity (Wildman–Crippen MR) is 123 cm³/mol. The van der Waals surface area contributed by atoms with Gasteiger partial charge < -0.3 is 29.7 Å². The highest BCUT2D eigenvalue weighted by atomic mass is 32.1. The van der Waals surface area contributed by atoms with Crippen molar-refractivity contribution in [2.75, 3.05) is 26.6 Å². The Morgan fingerprint density at radius 1 is 1.09 bits per heavy atom. The van der Waals surface area contributed by atoms with Gasteiger partial charge in [0.25, 0.3) is 0 Å². The van der Waals surface area contributed by atoms with Crippen LogP contribution in [0.25, 0.3) is 21.1 Å². The second-order valence-electron chi connectivity index (χ2n) is 7.03. The van der Waals surface area contributed by atoms with Gasteiger partial charge in [-0.05, 0) is 31.5 Å². The van der Waals surface area contributed by atoms with E-state index in [0.717, 1.165) is 16.7 Å². The number of ether oxygens (including phenoxy) is 4. The molecule has 4 aromatic rings. The Labute approximate surface area is 192 Å². The number of nitrogens with two attached hydrogens (primary N) is 1. The minimum atomic E-state index is -0.593. The Morgan fingerprint density at radius 3 is 2.58 bits per heavy atom. The van der Waals surface area contributed by atoms with Gasteiger partial charge in [0.15, 0.2) is 12.4 Å². The standard InChI is InChI=1S/C22H22N4O6S/c1-5-31-22(28)18-10(2)16-19(23)25-15(26-20(16)33-18)9-32-21(27)13-7-11-6-12(29-3)8-14(30-4)17(11)24-13/h6-8,24H,5,9H2,1-4H3,(H2,23,25,26). The minimum Gasteiger partial charge on any atom is -0.497 e. The molecule has 3 N–H and O–H groups in total. The summed E-state index contributed by atoms with van der Waals surface area (Å²) in [7, 11) is 3.08. The largest absolute Gasteiger partial charge is 0.497 e. The molecular weight excluding hydrogens is 448 g/mol. The first-order valence-corrected chi connectivity index (χ1v) is 10.8. The van der Waals surface area contributed by atoms with Crippen molar-refractivity contribution in [2.24, 2.45) is 0 Å². The number of methoxy groups -OCH3 is 2. The van der Waals surface area contributed by atoms with Gasteiger partial charge in [0.05, 0.1) is 31.7 Å². The number of carbonyl (C=O) groups is 2. The van der Waals surface area contributed by atoms with Crippen LogP contribution in [-0.4, -0.2) is 47.7 Å². The molecule has 0 saturated heterocycles. The van der Waals surface area contributed by atoms with Crippen LogP contribution in [0, 0.1) is 6.92 Å². The molecule has 3 aromatic heterocycles. The Bertz CT molecular complexity index is 1380. The number of hydrogen-bond acceptors (Lipinski definition) is 10. The molecule has 0 aliphatic carbocycles. The maximum atomic E-state index is 12.6. The van der Waals surface area contributed by atoms with Crippen LogP contribution in [0.1, 0.15) is 38.5 Å². The van der Waals surface area contributed by atoms with E-state index >= 15 is 0 Å². The normalized spacial score (nSPS) is 11.0. The first-order chi connectivity index (χ1) is 15.9. The van der Waals surface area contributed by atoms with Crippen molar-refractivity contribution in [1.29, 1.82) is 0 Å². The molecule has 0 bridgehead atoms. The summed E-state index contributed by atoms with van der Waals surface area (Å²) in [6.45, 7) is 3.58. The second-order valence-corrected chi connectivity index (χ2v) is 8.03. The number of fused-ring (bicyclic) bond motifs is 2. The number of esters is 2. The molecule has 172 valence electrons. The van der Waals surface area contributed by atoms with Crippen molar-refractivity contribution >= 4 is 50.2 Å². The minimum absolute atomic E-state index is 0.194. The number of rotatable bonds is 7. The number of H-pyrrole nitrogens is 1. The van der Waals surface area contributed by atoms with E-state index < -0.39 is 11.9 Å². The molecule has 0 atom stereocenters. The number of nitrogens with one attached hydrogen (secondary N) is 1. The maximum Gasteiger partial charge on any atom is 0.355 e. The molecule has 0 unspecified atom stereocenters. The van der Waals surface area contributed by atoms with Crippen LogP contribution >= 0.6 is 11.3 Å². The molecule has 0 amide bonds. The fourth-order valence-electron chi connectivity index (χ4n) is 3.45. The average Bonchev–Trinajstić information content (AvgIpc) is 3.38. The number of nitrogens with zero attached hydrogens (tertiary/aromatic N) is 2. The Morgan fingerprint density at radius 2 is 1.88 bits per heavy atom. The number of hydrogen-bond donors (Lipinski definition) is 2. The summed E-state index contributed by atoms with van der Waals surface area (Å²) < 4.78 is 21.1. The molecule has 0 spiro atoms. The van der Waals surface area contributed by atoms with Crippen LogP contribution in [0.2, 0.25) is 0 Å². The van der Waals surface area contributed by atoms with Crippen LogP contribution in [-0.2, 0) is 16.1 Å². The lowest BCUT2D eigenvalue weighted by atomic mass is 10.2. The van der Waals surface area contributed by atoms with E-state index in [9.17, 15) is 9.59 Å². The zero-order valence-corrected chi connectivity index (χ0v) is 19.3. The number of benzene rings is 1. The van der Waals surface area contributed by atoms with E-state index in [1.54, 1.807) is 39.2 Å². The van der Waals surface area contributed by atoms with Gasteiger partial charge in [0.2, 0.25) is 0 Å². The second kappa shape index (κ2) is 8.94. The van der Waals surface area contributed by atoms with Gasteiger partial charge in [-0.1, -0.05) is 0 Å². The average molecular weight is 471 g/mol. The Hall–Kier alpha value is -3.86. The van der Waals surface area contributed by atoms with Gasteiger partial charge in [-0.2, -0.15) is 0 Å². The fourth-order valence-corrected chi connectivity index (χ4v) is 4.55. The number of thiophene rings is 1. The van der Waals surface area contributed by atoms with E-state index in [-0.39, 0.29) is 30.5 Å². The lowest BCUT2D eigenvalue weighted by Crippen LogP contribution is -2.09. The van der Waals surface area contributed by atoms with Gasteiger partial charge in [0, 0.05) is 11.5 Å². The molecular formula is C22H22N4O6S. The van der Waals surface area contributed by atoms with E-state index in [0.29, 0.717) is 37.7 Å². The number of nitrogen functional groups attached to an aromatic ring is 1. The highest BCUT2D eigenvalue weighted by Gasteiger charge is 2.21. The van der Waals surface area contributed by atoms with Gasteiger partial charge in [-0.25, -0.2) is 19.6 Å². The van der Waals surface area contributed by atoms with Crippen LogP contribution in [0.3, 0.4) is 0 Å². The van der Waals surface area contributed by atoms with Gasteiger partial charge in [0.1, 0.15) is 32.7 Å². The van der Waals surface area contributed by atoms with Crippen LogP contribution in [0.5, 0.6) is 11.5 Å². The van der Waals surface area contributed by atoms with E-state index in [1.165, 1.54) is 7.11 Å². The van der Waals surface area contributed by atoms with Gasteiger partial charge in [-0.3, -0.25) is 0 Å². The first kappa shape index (κ1) is 22.3. The number of aromatic amines is 1. The number of anilines is 1. The number of aromatic nitrogens is 3. The van der Waals surface area contributed by atoms with E-state index in [1.807, 2.05) is 0 Å². The monoisotopic (exact) mass is 470 g/mol. The summed E-state index contributed by atoms with van der Waals surface area (Å²) in [5.74, 6) is 0.540. The molecule has 11 heteroatoms. The number of aryl methyl sites for hydroxylation is 1. The molecule has 0 saturated carbocycles. The number of carbonyl (C=O) groups excluding carboxylic acids is 2. The Balaban J connectivity index is 1.57. The van der Waals surface area contributed by atoms with Gasteiger partial charge >= 0.3 is 11.9 Å². The maximum absolute atomic E-state index is 12.6. The molecule has 0 aliphatic heterocycles. The smallest absolute Gasteiger partial charge is 0.355 e. The summed E-state index contributed by atoms with van der Waals surface area (Å²) in [5, 5.41) is 1.33. The Kier molecular flexibility index (Phi) is 6.05. The van der Waals surface area contributed by atoms with Crippen molar-refractivity contribution in [1.82, 2.24) is 15.0 Å². The molecule has 0 fully saturated rings. The first-order valence-electron chi connectivity index (χ1n) is 10.0. The van der Waals surface area contributed by atoms with Crippen LogP contribution in [0.15, 0.2) is 18.2 Å². The molecule has 1 aromatic carbocycles. The van der Waals surface area contributed by atoms with Crippen LogP contribution < -0.4 is 15.2 Å². The molecule has 4 rings (SSSR count). The molecule has 0 aliphatic rings. The molecule has 33 heavy (non-hydrogen) atoms. The van der Waals surface area contributed by atoms with Gasteiger partial charge in [-0.15, -0.1) is 11.3 Å². The van der Waals surface area contributed by atoms with E-state index in [2.05, 4.69) is 15.0 Å². The summed E-state index contributed by atoms with van der Waals surface area (Å²) in [4.78, 5) is 37.4. The molecule has 3 heterocycles. The lowest BCUT2D eigenvalue weighted by Gasteiger charge is -2.05. The summed E-state index contributed by atoms with van der Waals surface area (Å²) in [6.07, 6.45) is 0. The summed E-state index contributed by atoms with van der Waals surface area (Å²) >= 11 is 1.16. The molecule has 10 nitrogen and oxygen atoms in total. The summed E-state index contributed by atoms with van der Waals surface area (Å²) in [5.41, 5.74) is 7.65. The zero-order valence-electron chi connectivity index (χ0n) is 18.5. The third-order valence-electron chi connectivity index (χ3n) is 5.00.